The molecule has 0 aromatic carbocycles. The Hall–Kier alpha value is -1.36. The fraction of sp³-hybridized carbons (Fsp3) is 0.750. The summed E-state index contributed by atoms with van der Waals surface area (Å²) in [5.41, 5.74) is 1.17. The maximum atomic E-state index is 4.72. The maximum Gasteiger partial charge on any atom is 0.224 e. The molecule has 116 valence electrons. The molecule has 0 unspecified atom stereocenters. The number of anilines is 2. The summed E-state index contributed by atoms with van der Waals surface area (Å²) in [6, 6.07) is 0. The van der Waals surface area contributed by atoms with Crippen molar-refractivity contribution in [1.82, 2.24) is 14.9 Å². The van der Waals surface area contributed by atoms with Crippen LogP contribution in [-0.2, 0) is 0 Å². The van der Waals surface area contributed by atoms with Crippen molar-refractivity contribution in [3.05, 3.63) is 11.8 Å². The van der Waals surface area contributed by atoms with Gasteiger partial charge in [-0.2, -0.15) is 4.98 Å². The average Bonchev–Trinajstić information content (AvgIpc) is 3.31. The third kappa shape index (κ3) is 3.84. The fourth-order valence-electron chi connectivity index (χ4n) is 2.88. The molecule has 21 heavy (non-hydrogen) atoms. The zero-order chi connectivity index (χ0) is 14.7. The number of nitrogens with zero attached hydrogens (tertiary/aromatic N) is 4. The summed E-state index contributed by atoms with van der Waals surface area (Å²) in [4.78, 5) is 14.1. The highest BCUT2D eigenvalue weighted by molar-refractivity contribution is 5.49. The summed E-state index contributed by atoms with van der Waals surface area (Å²) >= 11 is 0. The Labute approximate surface area is 127 Å². The molecule has 0 amide bonds. The van der Waals surface area contributed by atoms with Crippen LogP contribution in [0.25, 0.3) is 0 Å². The van der Waals surface area contributed by atoms with Gasteiger partial charge < -0.3 is 10.2 Å². The Kier molecular flexibility index (Phi) is 4.58. The monoisotopic (exact) mass is 289 g/mol. The molecule has 1 saturated carbocycles. The first-order valence-corrected chi connectivity index (χ1v) is 8.31. The van der Waals surface area contributed by atoms with Gasteiger partial charge in [0.05, 0.1) is 0 Å². The van der Waals surface area contributed by atoms with Crippen LogP contribution in [0.2, 0.25) is 0 Å². The third-order valence-electron chi connectivity index (χ3n) is 4.36. The predicted molar refractivity (Wildman–Crippen MR) is 86.9 cm³/mol. The van der Waals surface area contributed by atoms with E-state index < -0.39 is 0 Å². The van der Waals surface area contributed by atoms with Crippen molar-refractivity contribution in [3.8, 4) is 0 Å². The molecule has 2 aliphatic rings. The molecular weight excluding hydrogens is 262 g/mol. The van der Waals surface area contributed by atoms with E-state index in [0.29, 0.717) is 0 Å². The first-order valence-electron chi connectivity index (χ1n) is 8.31. The summed E-state index contributed by atoms with van der Waals surface area (Å²) in [7, 11) is 0. The first kappa shape index (κ1) is 14.6. The van der Waals surface area contributed by atoms with E-state index in [1.54, 1.807) is 0 Å². The van der Waals surface area contributed by atoms with Gasteiger partial charge in [0.25, 0.3) is 0 Å². The van der Waals surface area contributed by atoms with Crippen LogP contribution in [0.1, 0.15) is 31.7 Å². The highest BCUT2D eigenvalue weighted by atomic mass is 15.3. The number of nitrogens with one attached hydrogen (secondary N) is 1. The minimum absolute atomic E-state index is 0.762. The molecule has 5 heteroatoms. The van der Waals surface area contributed by atoms with Gasteiger partial charge in [-0.25, -0.2) is 4.98 Å². The highest BCUT2D eigenvalue weighted by Crippen LogP contribution is 2.30. The van der Waals surface area contributed by atoms with E-state index in [9.17, 15) is 0 Å². The lowest BCUT2D eigenvalue weighted by Gasteiger charge is -2.36. The third-order valence-corrected chi connectivity index (χ3v) is 4.36. The lowest BCUT2D eigenvalue weighted by molar-refractivity contribution is 0.247. The molecule has 0 bridgehead atoms. The number of aromatic nitrogens is 2. The van der Waals surface area contributed by atoms with Gasteiger partial charge in [0.2, 0.25) is 5.95 Å². The zero-order valence-corrected chi connectivity index (χ0v) is 13.3. The van der Waals surface area contributed by atoms with E-state index in [0.717, 1.165) is 56.8 Å². The summed E-state index contributed by atoms with van der Waals surface area (Å²) in [5, 5.41) is 3.28. The van der Waals surface area contributed by atoms with Crippen LogP contribution in [0, 0.1) is 12.8 Å². The van der Waals surface area contributed by atoms with Crippen LogP contribution in [0.3, 0.4) is 0 Å². The quantitative estimate of drug-likeness (QED) is 0.869. The van der Waals surface area contributed by atoms with E-state index in [4.69, 9.17) is 4.98 Å². The fourth-order valence-corrected chi connectivity index (χ4v) is 2.88. The van der Waals surface area contributed by atoms with E-state index >= 15 is 0 Å². The molecule has 2 fully saturated rings. The molecule has 3 rings (SSSR count). The van der Waals surface area contributed by atoms with Crippen molar-refractivity contribution >= 4 is 11.8 Å². The Morgan fingerprint density at radius 2 is 2.00 bits per heavy atom. The summed E-state index contributed by atoms with van der Waals surface area (Å²) < 4.78 is 0. The van der Waals surface area contributed by atoms with E-state index in [2.05, 4.69) is 33.9 Å². The average molecular weight is 289 g/mol. The second kappa shape index (κ2) is 6.60. The van der Waals surface area contributed by atoms with Crippen molar-refractivity contribution < 1.29 is 0 Å². The molecule has 5 nitrogen and oxygen atoms in total. The van der Waals surface area contributed by atoms with Gasteiger partial charge in [0.15, 0.2) is 0 Å². The van der Waals surface area contributed by atoms with Gasteiger partial charge in [-0.3, -0.25) is 4.90 Å². The lowest BCUT2D eigenvalue weighted by atomic mass is 10.2. The van der Waals surface area contributed by atoms with Crippen LogP contribution >= 0.6 is 0 Å². The number of hydrogen-bond acceptors (Lipinski definition) is 5. The zero-order valence-electron chi connectivity index (χ0n) is 13.3. The maximum absolute atomic E-state index is 4.72. The van der Waals surface area contributed by atoms with Gasteiger partial charge in [-0.05, 0) is 32.1 Å². The second-order valence-corrected chi connectivity index (χ2v) is 6.36. The SMILES string of the molecule is CCCNc1ncc(C)c(N2CCN(CC3CC3)CC2)n1. The normalized spacial score (nSPS) is 19.8. The molecule has 1 aromatic rings. The smallest absolute Gasteiger partial charge is 0.224 e. The Morgan fingerprint density at radius 3 is 2.67 bits per heavy atom. The van der Waals surface area contributed by atoms with Gasteiger partial charge in [0, 0.05) is 51.0 Å². The van der Waals surface area contributed by atoms with Gasteiger partial charge >= 0.3 is 0 Å². The van der Waals surface area contributed by atoms with Crippen LogP contribution in [-0.4, -0.2) is 54.1 Å². The topological polar surface area (TPSA) is 44.3 Å². The number of aryl methyl sites for hydroxylation is 1. The number of piperazine rings is 1. The molecular formula is C16H27N5. The van der Waals surface area contributed by atoms with Gasteiger partial charge in [-0.15, -0.1) is 0 Å². The lowest BCUT2D eigenvalue weighted by Crippen LogP contribution is -2.47. The Morgan fingerprint density at radius 1 is 1.24 bits per heavy atom. The molecule has 1 aliphatic carbocycles. The molecule has 1 saturated heterocycles. The van der Waals surface area contributed by atoms with Crippen molar-refractivity contribution in [2.45, 2.75) is 33.1 Å². The van der Waals surface area contributed by atoms with Crippen LogP contribution in [0.15, 0.2) is 6.20 Å². The molecule has 1 N–H and O–H groups in total. The molecule has 2 heterocycles. The van der Waals surface area contributed by atoms with Crippen molar-refractivity contribution in [1.29, 1.82) is 0 Å². The number of rotatable bonds is 6. The van der Waals surface area contributed by atoms with Crippen LogP contribution in [0.4, 0.5) is 11.8 Å². The van der Waals surface area contributed by atoms with Crippen molar-refractivity contribution in [2.24, 2.45) is 5.92 Å². The van der Waals surface area contributed by atoms with E-state index in [-0.39, 0.29) is 0 Å². The van der Waals surface area contributed by atoms with E-state index in [1.807, 2.05) is 6.20 Å². The molecule has 1 aliphatic heterocycles. The van der Waals surface area contributed by atoms with E-state index in [1.165, 1.54) is 24.9 Å². The van der Waals surface area contributed by atoms with Gasteiger partial charge in [0.1, 0.15) is 5.82 Å². The molecule has 1 aromatic heterocycles. The first-order chi connectivity index (χ1) is 10.3. The molecule has 0 radical (unpaired) electrons. The van der Waals surface area contributed by atoms with Gasteiger partial charge in [-0.1, -0.05) is 6.92 Å². The number of hydrogen-bond donors (Lipinski definition) is 1. The molecule has 0 atom stereocenters. The second-order valence-electron chi connectivity index (χ2n) is 6.36. The largest absolute Gasteiger partial charge is 0.354 e. The Bertz CT molecular complexity index is 464. The van der Waals surface area contributed by atoms with Crippen molar-refractivity contribution in [3.63, 3.8) is 0 Å². The summed E-state index contributed by atoms with van der Waals surface area (Å²) in [5.74, 6) is 2.86. The standard InChI is InChI=1S/C16H27N5/c1-3-6-17-16-18-11-13(2)15(19-16)21-9-7-20(8-10-21)12-14-4-5-14/h11,14H,3-10,12H2,1-2H3,(H,17,18,19). The summed E-state index contributed by atoms with van der Waals surface area (Å²) in [6.45, 7) is 11.0. The highest BCUT2D eigenvalue weighted by Gasteiger charge is 2.27. The predicted octanol–water partition coefficient (Wildman–Crippen LogP) is 2.14. The van der Waals surface area contributed by atoms with Crippen LogP contribution in [0.5, 0.6) is 0 Å². The minimum Gasteiger partial charge on any atom is -0.354 e. The minimum atomic E-state index is 0.762. The Balaban J connectivity index is 1.60. The summed E-state index contributed by atoms with van der Waals surface area (Å²) in [6.07, 6.45) is 5.92. The van der Waals surface area contributed by atoms with Crippen LogP contribution < -0.4 is 10.2 Å². The molecule has 0 spiro atoms. The van der Waals surface area contributed by atoms with Crippen molar-refractivity contribution in [2.75, 3.05) is 49.5 Å².